The molecule has 4 nitrogen and oxygen atoms in total. The van der Waals surface area contributed by atoms with Crippen molar-refractivity contribution in [1.82, 2.24) is 4.98 Å². The van der Waals surface area contributed by atoms with Gasteiger partial charge in [0.25, 0.3) is 5.91 Å². The summed E-state index contributed by atoms with van der Waals surface area (Å²) >= 11 is 3.36. The average Bonchev–Trinajstić information content (AvgIpc) is 2.43. The summed E-state index contributed by atoms with van der Waals surface area (Å²) in [5, 5.41) is 0. The van der Waals surface area contributed by atoms with Gasteiger partial charge in [0.15, 0.2) is 0 Å². The molecule has 0 saturated heterocycles. The molecule has 0 bridgehead atoms. The molecule has 2 aromatic rings. The van der Waals surface area contributed by atoms with Crippen molar-refractivity contribution in [2.24, 2.45) is 0 Å². The van der Waals surface area contributed by atoms with Gasteiger partial charge in [-0.3, -0.25) is 9.78 Å². The topological polar surface area (TPSA) is 59.2 Å². The van der Waals surface area contributed by atoms with E-state index in [0.717, 1.165) is 10.2 Å². The fourth-order valence-electron chi connectivity index (χ4n) is 1.83. The minimum atomic E-state index is -0.118. The second kappa shape index (κ2) is 5.84. The summed E-state index contributed by atoms with van der Waals surface area (Å²) in [7, 11) is 0. The van der Waals surface area contributed by atoms with Crippen LogP contribution >= 0.6 is 15.9 Å². The lowest BCUT2D eigenvalue weighted by Gasteiger charge is -2.21. The summed E-state index contributed by atoms with van der Waals surface area (Å²) in [6.07, 6.45) is 3.32. The molecule has 2 N–H and O–H groups in total. The van der Waals surface area contributed by atoms with E-state index in [1.165, 1.54) is 0 Å². The second-order valence-electron chi connectivity index (χ2n) is 3.99. The standard InChI is InChI=1S/C14H14BrN3O/c1-2-18(11-5-7-17-8-6-11)14(19)12-9-10(15)3-4-13(12)16/h3-9H,2,16H2,1H3. The number of carbonyl (C=O) groups excluding carboxylic acids is 1. The second-order valence-corrected chi connectivity index (χ2v) is 4.90. The Bertz CT molecular complexity index is 586. The molecule has 0 aliphatic carbocycles. The quantitative estimate of drug-likeness (QED) is 0.884. The van der Waals surface area contributed by atoms with E-state index in [2.05, 4.69) is 20.9 Å². The third kappa shape index (κ3) is 2.93. The van der Waals surface area contributed by atoms with Gasteiger partial charge in [0.1, 0.15) is 0 Å². The molecular weight excluding hydrogens is 306 g/mol. The van der Waals surface area contributed by atoms with Crippen molar-refractivity contribution in [3.63, 3.8) is 0 Å². The van der Waals surface area contributed by atoms with Crippen molar-refractivity contribution < 1.29 is 4.79 Å². The molecule has 5 heteroatoms. The number of aromatic nitrogens is 1. The lowest BCUT2D eigenvalue weighted by atomic mass is 10.1. The van der Waals surface area contributed by atoms with Gasteiger partial charge in [-0.1, -0.05) is 15.9 Å². The number of rotatable bonds is 3. The minimum Gasteiger partial charge on any atom is -0.398 e. The Morgan fingerprint density at radius 1 is 1.32 bits per heavy atom. The van der Waals surface area contributed by atoms with E-state index in [4.69, 9.17) is 5.73 Å². The van der Waals surface area contributed by atoms with Crippen LogP contribution in [0.25, 0.3) is 0 Å². The van der Waals surface area contributed by atoms with E-state index in [1.807, 2.05) is 13.0 Å². The van der Waals surface area contributed by atoms with E-state index < -0.39 is 0 Å². The summed E-state index contributed by atoms with van der Waals surface area (Å²) in [5.74, 6) is -0.118. The van der Waals surface area contributed by atoms with Crippen molar-refractivity contribution in [2.75, 3.05) is 17.2 Å². The molecule has 1 aromatic heterocycles. The van der Waals surface area contributed by atoms with Gasteiger partial charge < -0.3 is 10.6 Å². The first-order valence-electron chi connectivity index (χ1n) is 5.90. The predicted molar refractivity (Wildman–Crippen MR) is 80.1 cm³/mol. The average molecular weight is 320 g/mol. The lowest BCUT2D eigenvalue weighted by Crippen LogP contribution is -2.31. The Morgan fingerprint density at radius 3 is 2.63 bits per heavy atom. The molecule has 1 aromatic carbocycles. The number of anilines is 2. The largest absolute Gasteiger partial charge is 0.398 e. The third-order valence-electron chi connectivity index (χ3n) is 2.78. The van der Waals surface area contributed by atoms with Gasteiger partial charge in [0.2, 0.25) is 0 Å². The van der Waals surface area contributed by atoms with Crippen molar-refractivity contribution in [1.29, 1.82) is 0 Å². The molecule has 0 aliphatic heterocycles. The smallest absolute Gasteiger partial charge is 0.260 e. The third-order valence-corrected chi connectivity index (χ3v) is 3.27. The number of benzene rings is 1. The SMILES string of the molecule is CCN(C(=O)c1cc(Br)ccc1N)c1ccncc1. The first-order chi connectivity index (χ1) is 9.13. The van der Waals surface area contributed by atoms with E-state index in [1.54, 1.807) is 41.6 Å². The summed E-state index contributed by atoms with van der Waals surface area (Å²) in [6, 6.07) is 8.87. The normalized spacial score (nSPS) is 10.2. The zero-order valence-electron chi connectivity index (χ0n) is 10.5. The fourth-order valence-corrected chi connectivity index (χ4v) is 2.19. The number of carbonyl (C=O) groups is 1. The molecule has 0 saturated carbocycles. The van der Waals surface area contributed by atoms with Gasteiger partial charge in [-0.25, -0.2) is 0 Å². The summed E-state index contributed by atoms with van der Waals surface area (Å²) in [6.45, 7) is 2.49. The van der Waals surface area contributed by atoms with Gasteiger partial charge in [-0.15, -0.1) is 0 Å². The Balaban J connectivity index is 2.39. The number of nitrogen functional groups attached to an aromatic ring is 1. The zero-order valence-corrected chi connectivity index (χ0v) is 12.1. The van der Waals surface area contributed by atoms with Crippen molar-refractivity contribution in [3.05, 3.63) is 52.8 Å². The highest BCUT2D eigenvalue weighted by molar-refractivity contribution is 9.10. The Morgan fingerprint density at radius 2 is 2.00 bits per heavy atom. The van der Waals surface area contributed by atoms with Crippen LogP contribution in [0.1, 0.15) is 17.3 Å². The number of pyridine rings is 1. The molecule has 0 fully saturated rings. The number of halogens is 1. The Labute approximate surface area is 120 Å². The first kappa shape index (κ1) is 13.5. The highest BCUT2D eigenvalue weighted by Crippen LogP contribution is 2.22. The molecule has 0 atom stereocenters. The van der Waals surface area contributed by atoms with Gasteiger partial charge >= 0.3 is 0 Å². The molecule has 0 radical (unpaired) electrons. The summed E-state index contributed by atoms with van der Waals surface area (Å²) in [4.78, 5) is 18.2. The maximum Gasteiger partial charge on any atom is 0.260 e. The van der Waals surface area contributed by atoms with Crippen LogP contribution in [0, 0.1) is 0 Å². The number of hydrogen-bond acceptors (Lipinski definition) is 3. The number of nitrogens with zero attached hydrogens (tertiary/aromatic N) is 2. The first-order valence-corrected chi connectivity index (χ1v) is 6.69. The fraction of sp³-hybridized carbons (Fsp3) is 0.143. The lowest BCUT2D eigenvalue weighted by molar-refractivity contribution is 0.0989. The van der Waals surface area contributed by atoms with Crippen molar-refractivity contribution in [3.8, 4) is 0 Å². The minimum absolute atomic E-state index is 0.118. The molecule has 2 rings (SSSR count). The molecule has 0 spiro atoms. The van der Waals surface area contributed by atoms with E-state index in [9.17, 15) is 4.79 Å². The van der Waals surface area contributed by atoms with Crippen LogP contribution in [0.3, 0.4) is 0 Å². The monoisotopic (exact) mass is 319 g/mol. The van der Waals surface area contributed by atoms with Crippen LogP contribution in [-0.4, -0.2) is 17.4 Å². The molecule has 19 heavy (non-hydrogen) atoms. The van der Waals surface area contributed by atoms with E-state index >= 15 is 0 Å². The van der Waals surface area contributed by atoms with Crippen LogP contribution in [0.15, 0.2) is 47.2 Å². The van der Waals surface area contributed by atoms with Crippen LogP contribution in [0.4, 0.5) is 11.4 Å². The van der Waals surface area contributed by atoms with Gasteiger partial charge in [-0.2, -0.15) is 0 Å². The van der Waals surface area contributed by atoms with Crippen LogP contribution in [0.2, 0.25) is 0 Å². The van der Waals surface area contributed by atoms with Crippen LogP contribution < -0.4 is 10.6 Å². The predicted octanol–water partition coefficient (Wildman–Crippen LogP) is 3.09. The summed E-state index contributed by atoms with van der Waals surface area (Å²) in [5.41, 5.74) is 7.65. The molecular formula is C14H14BrN3O. The van der Waals surface area contributed by atoms with Gasteiger partial charge in [-0.05, 0) is 37.3 Å². The Kier molecular flexibility index (Phi) is 4.16. The van der Waals surface area contributed by atoms with E-state index in [-0.39, 0.29) is 5.91 Å². The highest BCUT2D eigenvalue weighted by atomic mass is 79.9. The number of amides is 1. The highest BCUT2D eigenvalue weighted by Gasteiger charge is 2.18. The number of hydrogen-bond donors (Lipinski definition) is 1. The Hall–Kier alpha value is -1.88. The maximum atomic E-state index is 12.6. The van der Waals surface area contributed by atoms with Gasteiger partial charge in [0.05, 0.1) is 5.56 Å². The molecule has 0 unspecified atom stereocenters. The zero-order chi connectivity index (χ0) is 13.8. The maximum absolute atomic E-state index is 12.6. The summed E-state index contributed by atoms with van der Waals surface area (Å²) < 4.78 is 0.829. The van der Waals surface area contributed by atoms with Crippen molar-refractivity contribution >= 4 is 33.2 Å². The molecule has 1 heterocycles. The molecule has 0 aliphatic rings. The molecule has 1 amide bonds. The molecule has 98 valence electrons. The van der Waals surface area contributed by atoms with Crippen molar-refractivity contribution in [2.45, 2.75) is 6.92 Å². The van der Waals surface area contributed by atoms with Crippen LogP contribution in [0.5, 0.6) is 0 Å². The van der Waals surface area contributed by atoms with E-state index in [0.29, 0.717) is 17.8 Å². The van der Waals surface area contributed by atoms with Crippen LogP contribution in [-0.2, 0) is 0 Å². The number of nitrogens with two attached hydrogens (primary N) is 1. The van der Waals surface area contributed by atoms with Gasteiger partial charge in [0, 0.05) is 34.8 Å².